The number of rotatable bonds is 2. The Morgan fingerprint density at radius 1 is 1.33 bits per heavy atom. The van der Waals surface area contributed by atoms with E-state index in [9.17, 15) is 0 Å². The first kappa shape index (κ1) is 17.7. The van der Waals surface area contributed by atoms with Crippen molar-refractivity contribution in [2.45, 2.75) is 12.2 Å². The van der Waals surface area contributed by atoms with Crippen LogP contribution in [-0.4, -0.2) is 27.0 Å². The molecule has 1 unspecified atom stereocenters. The van der Waals surface area contributed by atoms with Crippen molar-refractivity contribution >= 4 is 73.2 Å². The third-order valence-electron chi connectivity index (χ3n) is 3.33. The number of hydrogen-bond acceptors (Lipinski definition) is 3. The Kier molecular flexibility index (Phi) is 5.81. The monoisotopic (exact) mass is 439 g/mol. The van der Waals surface area contributed by atoms with E-state index in [2.05, 4.69) is 28.2 Å². The third kappa shape index (κ3) is 4.51. The molecule has 0 amide bonds. The molecule has 124 valence electrons. The molecule has 1 fully saturated rings. The zero-order valence-electron chi connectivity index (χ0n) is 12.9. The number of anilines is 1. The van der Waals surface area contributed by atoms with Crippen LogP contribution in [0.2, 0.25) is 5.02 Å². The highest BCUT2D eigenvalue weighted by Gasteiger charge is 2.28. The predicted octanol–water partition coefficient (Wildman–Crippen LogP) is 5.92. The minimum atomic E-state index is 0.426. The topological polar surface area (TPSA) is 27.6 Å². The first-order valence-corrected chi connectivity index (χ1v) is 9.82. The highest BCUT2D eigenvalue weighted by Crippen LogP contribution is 2.30. The molecule has 1 N–H and O–H groups in total. The lowest BCUT2D eigenvalue weighted by Crippen LogP contribution is -2.36. The smallest absolute Gasteiger partial charge is 0.179 e. The van der Waals surface area contributed by atoms with E-state index in [0.717, 1.165) is 27.6 Å². The van der Waals surface area contributed by atoms with Gasteiger partial charge in [-0.3, -0.25) is 4.90 Å². The largest absolute Gasteiger partial charge is 0.332 e. The number of halogens is 2. The molecule has 1 atom stereocenters. The van der Waals surface area contributed by atoms with E-state index in [1.54, 1.807) is 11.8 Å². The summed E-state index contributed by atoms with van der Waals surface area (Å²) in [6, 6.07) is 15.4. The van der Waals surface area contributed by atoms with Gasteiger partial charge in [-0.05, 0) is 48.6 Å². The Morgan fingerprint density at radius 2 is 2.12 bits per heavy atom. The summed E-state index contributed by atoms with van der Waals surface area (Å²) in [5, 5.41) is 5.87. The lowest BCUT2D eigenvalue weighted by atomic mass is 10.3. The van der Waals surface area contributed by atoms with Crippen LogP contribution < -0.4 is 5.32 Å². The van der Waals surface area contributed by atoms with Gasteiger partial charge < -0.3 is 5.32 Å². The van der Waals surface area contributed by atoms with Gasteiger partial charge >= 0.3 is 0 Å². The van der Waals surface area contributed by atoms with Gasteiger partial charge in [0.2, 0.25) is 0 Å². The van der Waals surface area contributed by atoms with Gasteiger partial charge in [0.05, 0.1) is 5.69 Å². The van der Waals surface area contributed by atoms with Crippen LogP contribution in [0.4, 0.5) is 11.4 Å². The Balaban J connectivity index is 1.81. The van der Waals surface area contributed by atoms with E-state index < -0.39 is 0 Å². The van der Waals surface area contributed by atoms with Crippen molar-refractivity contribution in [3.8, 4) is 0 Å². The van der Waals surface area contributed by atoms with Crippen LogP contribution in [0.3, 0.4) is 0 Å². The average molecular weight is 441 g/mol. The number of nitrogens with one attached hydrogen (secondary N) is 1. The number of nitrogens with zero attached hydrogens (tertiary/aromatic N) is 2. The van der Waals surface area contributed by atoms with Crippen LogP contribution in [0.25, 0.3) is 0 Å². The Hall–Kier alpha value is -1.08. The number of thioether (sulfide) groups is 1. The maximum absolute atomic E-state index is 6.03. The second-order valence-electron chi connectivity index (χ2n) is 5.35. The van der Waals surface area contributed by atoms with Crippen molar-refractivity contribution in [2.24, 2.45) is 4.99 Å². The molecule has 1 aliphatic rings. The Bertz CT molecular complexity index is 797. The minimum Gasteiger partial charge on any atom is -0.332 e. The van der Waals surface area contributed by atoms with Gasteiger partial charge in [0.1, 0.15) is 0 Å². The van der Waals surface area contributed by atoms with Gasteiger partial charge in [-0.15, -0.1) is 0 Å². The summed E-state index contributed by atoms with van der Waals surface area (Å²) < 4.78 is 1.01. The molecule has 1 aliphatic heterocycles. The van der Waals surface area contributed by atoms with Crippen LogP contribution in [0, 0.1) is 0 Å². The maximum Gasteiger partial charge on any atom is 0.179 e. The summed E-state index contributed by atoms with van der Waals surface area (Å²) >= 11 is 16.8. The van der Waals surface area contributed by atoms with Gasteiger partial charge in [0.15, 0.2) is 10.3 Å². The summed E-state index contributed by atoms with van der Waals surface area (Å²) in [4.78, 5) is 6.79. The highest BCUT2D eigenvalue weighted by atomic mass is 79.9. The molecular weight excluding hydrogens is 426 g/mol. The molecular formula is C17H15BrClN3S2. The van der Waals surface area contributed by atoms with Crippen LogP contribution in [-0.2, 0) is 0 Å². The molecule has 2 aromatic rings. The van der Waals surface area contributed by atoms with Crippen LogP contribution in [0.1, 0.15) is 6.92 Å². The fourth-order valence-electron chi connectivity index (χ4n) is 2.29. The first-order valence-electron chi connectivity index (χ1n) is 7.36. The van der Waals surface area contributed by atoms with Crippen molar-refractivity contribution in [1.29, 1.82) is 0 Å². The molecule has 3 nitrogen and oxygen atoms in total. The fraction of sp³-hybridized carbons (Fsp3) is 0.176. The number of thiocarbonyl (C=S) groups is 1. The molecule has 7 heteroatoms. The quantitative estimate of drug-likeness (QED) is 0.586. The summed E-state index contributed by atoms with van der Waals surface area (Å²) in [6.45, 7) is 2.99. The number of hydrogen-bond donors (Lipinski definition) is 1. The lowest BCUT2D eigenvalue weighted by Gasteiger charge is -2.20. The highest BCUT2D eigenvalue weighted by molar-refractivity contribution is 9.10. The maximum atomic E-state index is 6.03. The summed E-state index contributed by atoms with van der Waals surface area (Å²) in [7, 11) is 0. The van der Waals surface area contributed by atoms with Crippen molar-refractivity contribution in [1.82, 2.24) is 4.90 Å². The SMILES string of the molecule is CC1CN(C(=S)Nc2cccc(Cl)c2)/C(=N\c2cccc(Br)c2)S1. The molecule has 1 saturated heterocycles. The molecule has 24 heavy (non-hydrogen) atoms. The van der Waals surface area contributed by atoms with Gasteiger partial charge in [-0.1, -0.05) is 58.3 Å². The normalized spacial score (nSPS) is 18.9. The van der Waals surface area contributed by atoms with Crippen molar-refractivity contribution < 1.29 is 0 Å². The second-order valence-corrected chi connectivity index (χ2v) is 8.50. The van der Waals surface area contributed by atoms with E-state index in [1.807, 2.05) is 53.4 Å². The average Bonchev–Trinajstić information content (AvgIpc) is 2.88. The van der Waals surface area contributed by atoms with E-state index in [4.69, 9.17) is 28.8 Å². The molecule has 3 rings (SSSR count). The fourth-order valence-corrected chi connectivity index (χ4v) is 4.23. The van der Waals surface area contributed by atoms with Crippen LogP contribution in [0.5, 0.6) is 0 Å². The molecule has 0 radical (unpaired) electrons. The Morgan fingerprint density at radius 3 is 2.88 bits per heavy atom. The van der Waals surface area contributed by atoms with E-state index in [-0.39, 0.29) is 0 Å². The summed E-state index contributed by atoms with van der Waals surface area (Å²) in [6.07, 6.45) is 0. The third-order valence-corrected chi connectivity index (χ3v) is 5.46. The van der Waals surface area contributed by atoms with Crippen LogP contribution in [0.15, 0.2) is 58.0 Å². The summed E-state index contributed by atoms with van der Waals surface area (Å²) in [5.74, 6) is 0. The number of amidine groups is 1. The molecule has 0 aliphatic carbocycles. The first-order chi connectivity index (χ1) is 11.5. The van der Waals surface area contributed by atoms with E-state index >= 15 is 0 Å². The van der Waals surface area contributed by atoms with Gasteiger partial charge in [-0.2, -0.15) is 0 Å². The minimum absolute atomic E-state index is 0.426. The molecule has 0 bridgehead atoms. The number of benzene rings is 2. The van der Waals surface area contributed by atoms with Gasteiger partial charge in [-0.25, -0.2) is 4.99 Å². The molecule has 0 aromatic heterocycles. The summed E-state index contributed by atoms with van der Waals surface area (Å²) in [5.41, 5.74) is 1.77. The van der Waals surface area contributed by atoms with E-state index in [0.29, 0.717) is 15.4 Å². The van der Waals surface area contributed by atoms with E-state index in [1.165, 1.54) is 0 Å². The van der Waals surface area contributed by atoms with Crippen molar-refractivity contribution in [3.05, 3.63) is 58.0 Å². The zero-order chi connectivity index (χ0) is 17.1. The second kappa shape index (κ2) is 7.87. The molecule has 1 heterocycles. The molecule has 0 saturated carbocycles. The van der Waals surface area contributed by atoms with Crippen molar-refractivity contribution in [3.63, 3.8) is 0 Å². The lowest BCUT2D eigenvalue weighted by molar-refractivity contribution is 0.641. The predicted molar refractivity (Wildman–Crippen MR) is 113 cm³/mol. The van der Waals surface area contributed by atoms with Gasteiger partial charge in [0, 0.05) is 27.0 Å². The van der Waals surface area contributed by atoms with Crippen LogP contribution >= 0.6 is 51.5 Å². The molecule has 2 aromatic carbocycles. The number of aliphatic imine (C=N–C) groups is 1. The van der Waals surface area contributed by atoms with Gasteiger partial charge in [0.25, 0.3) is 0 Å². The zero-order valence-corrected chi connectivity index (χ0v) is 16.8. The Labute approximate surface area is 164 Å². The molecule has 0 spiro atoms. The standard InChI is InChI=1S/C17H15BrClN3S2/c1-11-10-22(16(23)20-15-7-3-5-13(19)9-15)17(24-11)21-14-6-2-4-12(18)8-14/h2-9,11H,10H2,1H3,(H,20,23)/b21-17+. The van der Waals surface area contributed by atoms with Crippen molar-refractivity contribution in [2.75, 3.05) is 11.9 Å².